The second-order valence-electron chi connectivity index (χ2n) is 9.36. The molecule has 0 spiro atoms. The van der Waals surface area contributed by atoms with Crippen LogP contribution in [0.4, 0.5) is 0 Å². The van der Waals surface area contributed by atoms with Gasteiger partial charge in [0, 0.05) is 16.8 Å². The molecule has 1 aromatic heterocycles. The van der Waals surface area contributed by atoms with Crippen LogP contribution < -0.4 is 20.5 Å². The van der Waals surface area contributed by atoms with E-state index in [4.69, 9.17) is 0 Å². The molecular weight excluding hydrogens is 429 g/mol. The second kappa shape index (κ2) is 6.63. The second-order valence-corrected chi connectivity index (χ2v) is 12.8. The molecule has 8 rings (SSSR count). The van der Waals surface area contributed by atoms with Gasteiger partial charge < -0.3 is 0 Å². The molecule has 0 saturated heterocycles. The van der Waals surface area contributed by atoms with E-state index in [-0.39, 0.29) is 5.78 Å². The van der Waals surface area contributed by atoms with Crippen molar-refractivity contribution in [3.05, 3.63) is 133 Å². The van der Waals surface area contributed by atoms with Gasteiger partial charge in [0.15, 0.2) is 13.5 Å². The van der Waals surface area contributed by atoms with Gasteiger partial charge in [0.2, 0.25) is 5.69 Å². The van der Waals surface area contributed by atoms with E-state index in [9.17, 15) is 0 Å². The van der Waals surface area contributed by atoms with Crippen molar-refractivity contribution in [1.82, 2.24) is 0 Å². The van der Waals surface area contributed by atoms with Crippen molar-refractivity contribution >= 4 is 44.7 Å². The minimum atomic E-state index is -2.01. The van der Waals surface area contributed by atoms with Crippen molar-refractivity contribution in [2.75, 3.05) is 0 Å². The molecule has 2 heteroatoms. The molecule has 1 unspecified atom stereocenters. The Morgan fingerprint density at radius 1 is 0.559 bits per heavy atom. The fourth-order valence-electron chi connectivity index (χ4n) is 6.48. The summed E-state index contributed by atoms with van der Waals surface area (Å²) in [5, 5.41) is 9.86. The highest BCUT2D eigenvalue weighted by atomic mass is 31.2. The van der Waals surface area contributed by atoms with Crippen LogP contribution in [0.5, 0.6) is 0 Å². The Balaban J connectivity index is 1.60. The molecule has 0 bridgehead atoms. The van der Waals surface area contributed by atoms with Crippen LogP contribution in [0, 0.1) is 0 Å². The molecule has 0 aliphatic carbocycles. The predicted octanol–water partition coefficient (Wildman–Crippen LogP) is 6.12. The Bertz CT molecular complexity index is 1720. The lowest BCUT2D eigenvalue weighted by molar-refractivity contribution is -0.675. The summed E-state index contributed by atoms with van der Waals surface area (Å²) in [6.07, 6.45) is 2.41. The van der Waals surface area contributed by atoms with E-state index in [1.54, 1.807) is 0 Å². The molecule has 0 radical (unpaired) electrons. The molecule has 0 saturated carbocycles. The van der Waals surface area contributed by atoms with E-state index < -0.39 is 7.26 Å². The molecule has 0 amide bonds. The molecule has 3 heterocycles. The van der Waals surface area contributed by atoms with Crippen LogP contribution in [0.25, 0.3) is 32.8 Å². The monoisotopic (exact) mass is 451 g/mol. The highest BCUT2D eigenvalue weighted by Gasteiger charge is 2.67. The number of pyridine rings is 1. The SMILES string of the molecule is c1ccc([P+]2(c3ccccc3)c3cccc4ccc5c(c34)C2[n+]2cc3ccccc3cc2-5)cc1. The van der Waals surface area contributed by atoms with Crippen LogP contribution in [0.3, 0.4) is 0 Å². The van der Waals surface area contributed by atoms with E-state index in [0.717, 1.165) is 0 Å². The van der Waals surface area contributed by atoms with Crippen LogP contribution >= 0.6 is 7.26 Å². The summed E-state index contributed by atoms with van der Waals surface area (Å²) in [4.78, 5) is 0. The van der Waals surface area contributed by atoms with Crippen molar-refractivity contribution in [1.29, 1.82) is 0 Å². The van der Waals surface area contributed by atoms with E-state index in [1.165, 1.54) is 54.3 Å². The normalized spacial score (nSPS) is 16.8. The third-order valence-electron chi connectivity index (χ3n) is 7.78. The number of nitrogens with zero attached hydrogens (tertiary/aromatic N) is 1. The summed E-state index contributed by atoms with van der Waals surface area (Å²) in [7, 11) is -2.01. The number of aromatic nitrogens is 1. The van der Waals surface area contributed by atoms with Gasteiger partial charge in [0.1, 0.15) is 15.9 Å². The third kappa shape index (κ3) is 2.16. The standard InChI is InChI=1S/C32H22NP/c1-3-13-25(14-4-1)34(26-15-5-2-6-16-26)29-17-9-12-22-18-19-27-28-20-23-10-7-8-11-24(23)21-33(28)32(34)31(27)30(22)29/h1-21,32H/q+2. The first-order chi connectivity index (χ1) is 16.9. The third-order valence-corrected chi connectivity index (χ3v) is 12.4. The molecule has 1 atom stereocenters. The summed E-state index contributed by atoms with van der Waals surface area (Å²) < 4.78 is 2.61. The minimum Gasteiger partial charge on any atom is -0.156 e. The number of rotatable bonds is 2. The van der Waals surface area contributed by atoms with Gasteiger partial charge in [-0.2, -0.15) is 4.57 Å². The van der Waals surface area contributed by atoms with Gasteiger partial charge in [-0.25, -0.2) is 0 Å². The average Bonchev–Trinajstić information content (AvgIpc) is 3.40. The Morgan fingerprint density at radius 2 is 1.21 bits per heavy atom. The van der Waals surface area contributed by atoms with Crippen molar-refractivity contribution in [3.63, 3.8) is 0 Å². The van der Waals surface area contributed by atoms with Crippen LogP contribution in [0.15, 0.2) is 128 Å². The number of hydrogen-bond acceptors (Lipinski definition) is 0. The lowest BCUT2D eigenvalue weighted by atomic mass is 9.99. The zero-order valence-corrected chi connectivity index (χ0v) is 19.5. The fraction of sp³-hybridized carbons (Fsp3) is 0.0312. The zero-order chi connectivity index (χ0) is 22.3. The van der Waals surface area contributed by atoms with Crippen LogP contribution in [0.1, 0.15) is 11.3 Å². The van der Waals surface area contributed by atoms with Gasteiger partial charge in [0.05, 0.1) is 11.1 Å². The van der Waals surface area contributed by atoms with Crippen molar-refractivity contribution in [3.8, 4) is 11.3 Å². The molecule has 0 fully saturated rings. The number of fused-ring (bicyclic) bond motifs is 4. The maximum atomic E-state index is 2.61. The molecule has 6 aromatic rings. The van der Waals surface area contributed by atoms with E-state index in [2.05, 4.69) is 132 Å². The number of benzene rings is 5. The lowest BCUT2D eigenvalue weighted by Crippen LogP contribution is -2.45. The van der Waals surface area contributed by atoms with Crippen LogP contribution in [-0.2, 0) is 0 Å². The first kappa shape index (κ1) is 18.6. The molecule has 1 nitrogen and oxygen atoms in total. The average molecular weight is 452 g/mol. The molecule has 2 aliphatic heterocycles. The molecule has 158 valence electrons. The minimum absolute atomic E-state index is 0.271. The summed E-state index contributed by atoms with van der Waals surface area (Å²) in [6, 6.07) is 45.4. The van der Waals surface area contributed by atoms with Gasteiger partial charge in [-0.1, -0.05) is 72.8 Å². The quantitative estimate of drug-likeness (QED) is 0.221. The first-order valence-corrected chi connectivity index (χ1v) is 13.7. The van der Waals surface area contributed by atoms with E-state index in [1.807, 2.05) is 0 Å². The van der Waals surface area contributed by atoms with E-state index in [0.29, 0.717) is 0 Å². The van der Waals surface area contributed by atoms with Gasteiger partial charge in [-0.15, -0.1) is 0 Å². The van der Waals surface area contributed by atoms with Crippen molar-refractivity contribution < 1.29 is 4.57 Å². The lowest BCUT2D eigenvalue weighted by Gasteiger charge is -2.26. The van der Waals surface area contributed by atoms with Crippen molar-refractivity contribution in [2.45, 2.75) is 5.78 Å². The summed E-state index contributed by atoms with van der Waals surface area (Å²) in [5.41, 5.74) is 4.25. The maximum absolute atomic E-state index is 2.61. The van der Waals surface area contributed by atoms with Gasteiger partial charge >= 0.3 is 0 Å². The highest BCUT2D eigenvalue weighted by Crippen LogP contribution is 2.73. The smallest absolute Gasteiger partial charge is 0.156 e. The van der Waals surface area contributed by atoms with Gasteiger partial charge in [-0.05, 0) is 53.2 Å². The molecule has 2 aliphatic rings. The topological polar surface area (TPSA) is 3.88 Å². The summed E-state index contributed by atoms with van der Waals surface area (Å²) >= 11 is 0. The predicted molar refractivity (Wildman–Crippen MR) is 144 cm³/mol. The Labute approximate surface area is 199 Å². The molecule has 0 N–H and O–H groups in total. The Hall–Kier alpha value is -3.80. The molecule has 5 aromatic carbocycles. The molecular formula is C32H22NP+2. The Kier molecular flexibility index (Phi) is 3.63. The van der Waals surface area contributed by atoms with Crippen molar-refractivity contribution in [2.24, 2.45) is 0 Å². The van der Waals surface area contributed by atoms with Crippen LogP contribution in [-0.4, -0.2) is 0 Å². The molecule has 34 heavy (non-hydrogen) atoms. The highest BCUT2D eigenvalue weighted by molar-refractivity contribution is 7.96. The Morgan fingerprint density at radius 3 is 1.94 bits per heavy atom. The van der Waals surface area contributed by atoms with Crippen LogP contribution in [0.2, 0.25) is 0 Å². The maximum Gasteiger partial charge on any atom is 0.298 e. The summed E-state index contributed by atoms with van der Waals surface area (Å²) in [6.45, 7) is 0. The zero-order valence-electron chi connectivity index (χ0n) is 18.6. The van der Waals surface area contributed by atoms with Gasteiger partial charge in [0.25, 0.3) is 5.78 Å². The fourth-order valence-corrected chi connectivity index (χ4v) is 11.6. The van der Waals surface area contributed by atoms with E-state index >= 15 is 0 Å². The van der Waals surface area contributed by atoms with Gasteiger partial charge in [-0.3, -0.25) is 0 Å². The number of hydrogen-bond donors (Lipinski definition) is 0. The first-order valence-electron chi connectivity index (χ1n) is 11.9. The largest absolute Gasteiger partial charge is 0.298 e. The summed E-state index contributed by atoms with van der Waals surface area (Å²) in [5.74, 6) is 0.271.